The molecule has 39 heavy (non-hydrogen) atoms. The zero-order valence-electron chi connectivity index (χ0n) is 22.6. The number of anilines is 1. The first-order valence-corrected chi connectivity index (χ1v) is 14.5. The van der Waals surface area contributed by atoms with Crippen LogP contribution in [-0.4, -0.2) is 70.2 Å². The van der Waals surface area contributed by atoms with Crippen LogP contribution in [0.3, 0.4) is 0 Å². The average molecular weight is 602 g/mol. The van der Waals surface area contributed by atoms with Gasteiger partial charge in [-0.15, -0.1) is 0 Å². The molecule has 0 aromatic heterocycles. The second-order valence-corrected chi connectivity index (χ2v) is 10.7. The maximum atomic E-state index is 13.8. The molecule has 2 atom stereocenters. The van der Waals surface area contributed by atoms with Crippen molar-refractivity contribution < 1.29 is 27.8 Å². The first-order valence-electron chi connectivity index (χ1n) is 12.8. The number of nitrogens with one attached hydrogen (secondary N) is 1. The number of nitrogens with zero attached hydrogens (tertiary/aromatic N) is 2. The van der Waals surface area contributed by atoms with Crippen LogP contribution in [0.2, 0.25) is 10.0 Å². The maximum Gasteiger partial charge on any atom is 0.245 e. The number of carbonyl (C=O) groups excluding carboxylic acids is 2. The van der Waals surface area contributed by atoms with Crippen molar-refractivity contribution in [3.05, 3.63) is 64.1 Å². The summed E-state index contributed by atoms with van der Waals surface area (Å²) in [7, 11) is 0. The maximum absolute atomic E-state index is 13.8. The van der Waals surface area contributed by atoms with Crippen molar-refractivity contribution in [1.82, 2.24) is 10.2 Å². The molecule has 2 aromatic rings. The number of benzene rings is 2. The highest BCUT2D eigenvalue weighted by molar-refractivity contribution is 7.80. The Morgan fingerprint density at radius 1 is 0.974 bits per heavy atom. The molecule has 0 aliphatic heterocycles. The number of hydrogen-bond acceptors (Lipinski definition) is 6. The van der Waals surface area contributed by atoms with Gasteiger partial charge in [0.05, 0.1) is 6.54 Å². The summed E-state index contributed by atoms with van der Waals surface area (Å²) in [5, 5.41) is 3.83. The second kappa shape index (κ2) is 16.8. The van der Waals surface area contributed by atoms with Crippen LogP contribution in [0.1, 0.15) is 39.7 Å². The zero-order chi connectivity index (χ0) is 28.9. The van der Waals surface area contributed by atoms with Gasteiger partial charge in [0.15, 0.2) is 6.29 Å². The highest BCUT2D eigenvalue weighted by Gasteiger charge is 2.30. The van der Waals surface area contributed by atoms with E-state index in [9.17, 15) is 18.4 Å². The number of amides is 2. The van der Waals surface area contributed by atoms with Crippen LogP contribution in [0.15, 0.2) is 48.5 Å². The molecule has 9 nitrogen and oxygen atoms in total. The summed E-state index contributed by atoms with van der Waals surface area (Å²) in [4.78, 5) is 28.4. The standard InChI is InChI=1S/C27H37Cl2N3O6S/c1-5-37-26(38-6-2)18-31(19(3)4)27(34)24(17-20-7-9-21(28)10-8-20)30-25(33)15-16-32(39(35)36)23-13-11-22(29)12-14-23/h7-14,19,24,26H,5-6,15-18H2,1-4H3,(H,30,33)(H,35,36)/p-1. The van der Waals surface area contributed by atoms with E-state index in [0.29, 0.717) is 28.9 Å². The fourth-order valence-electron chi connectivity index (χ4n) is 3.86. The zero-order valence-corrected chi connectivity index (χ0v) is 24.9. The molecule has 12 heteroatoms. The van der Waals surface area contributed by atoms with E-state index in [2.05, 4.69) is 5.32 Å². The van der Waals surface area contributed by atoms with Crippen molar-refractivity contribution in [2.24, 2.45) is 0 Å². The average Bonchev–Trinajstić information content (AvgIpc) is 2.88. The van der Waals surface area contributed by atoms with Crippen molar-refractivity contribution in [1.29, 1.82) is 0 Å². The minimum atomic E-state index is -2.61. The summed E-state index contributed by atoms with van der Waals surface area (Å²) in [6, 6.07) is 12.1. The van der Waals surface area contributed by atoms with Crippen molar-refractivity contribution >= 4 is 52.0 Å². The largest absolute Gasteiger partial charge is 0.755 e. The summed E-state index contributed by atoms with van der Waals surface area (Å²) in [6.45, 7) is 8.35. The van der Waals surface area contributed by atoms with E-state index in [4.69, 9.17) is 32.7 Å². The Kier molecular flexibility index (Phi) is 14.2. The van der Waals surface area contributed by atoms with Crippen molar-refractivity contribution in [2.75, 3.05) is 30.6 Å². The molecule has 0 saturated heterocycles. The molecule has 2 amide bonds. The number of ether oxygens (including phenoxy) is 2. The van der Waals surface area contributed by atoms with Gasteiger partial charge in [-0.25, -0.2) is 0 Å². The van der Waals surface area contributed by atoms with E-state index in [1.54, 1.807) is 53.4 Å². The van der Waals surface area contributed by atoms with Gasteiger partial charge in [0.2, 0.25) is 11.8 Å². The molecule has 0 radical (unpaired) electrons. The van der Waals surface area contributed by atoms with Gasteiger partial charge in [-0.05, 0) is 69.7 Å². The molecule has 216 valence electrons. The third kappa shape index (κ3) is 11.1. The molecule has 0 saturated carbocycles. The third-order valence-corrected chi connectivity index (χ3v) is 7.04. The predicted octanol–water partition coefficient (Wildman–Crippen LogP) is 4.35. The van der Waals surface area contributed by atoms with Gasteiger partial charge in [0.25, 0.3) is 0 Å². The molecule has 2 aromatic carbocycles. The van der Waals surface area contributed by atoms with Crippen LogP contribution in [0, 0.1) is 0 Å². The second-order valence-electron chi connectivity index (χ2n) is 8.92. The number of halogens is 2. The van der Waals surface area contributed by atoms with Gasteiger partial charge in [0.1, 0.15) is 6.04 Å². The fourth-order valence-corrected chi connectivity index (χ4v) is 4.65. The summed E-state index contributed by atoms with van der Waals surface area (Å²) < 4.78 is 36.0. The molecular weight excluding hydrogens is 565 g/mol. The van der Waals surface area contributed by atoms with Crippen molar-refractivity contribution in [3.8, 4) is 0 Å². The Bertz CT molecular complexity index is 1070. The lowest BCUT2D eigenvalue weighted by Crippen LogP contribution is -2.54. The Morgan fingerprint density at radius 3 is 2.00 bits per heavy atom. The van der Waals surface area contributed by atoms with E-state index >= 15 is 0 Å². The molecule has 0 aliphatic rings. The Labute approximate surface area is 243 Å². The lowest BCUT2D eigenvalue weighted by Gasteiger charge is -2.34. The molecule has 1 N–H and O–H groups in total. The van der Waals surface area contributed by atoms with Crippen LogP contribution < -0.4 is 9.62 Å². The van der Waals surface area contributed by atoms with Gasteiger partial charge in [0, 0.05) is 65.6 Å². The highest BCUT2D eigenvalue weighted by atomic mass is 35.5. The minimum absolute atomic E-state index is 0.115. The number of carbonyl (C=O) groups is 2. The summed E-state index contributed by atoms with van der Waals surface area (Å²) in [5.74, 6) is -0.777. The quantitative estimate of drug-likeness (QED) is 0.226. The molecule has 0 fully saturated rings. The molecule has 0 bridgehead atoms. The van der Waals surface area contributed by atoms with Crippen LogP contribution in [-0.2, 0) is 36.8 Å². The molecule has 0 spiro atoms. The van der Waals surface area contributed by atoms with Crippen LogP contribution in [0.5, 0.6) is 0 Å². The fraction of sp³-hybridized carbons (Fsp3) is 0.481. The normalized spacial score (nSPS) is 12.8. The Morgan fingerprint density at radius 2 is 1.51 bits per heavy atom. The molecular formula is C27H36Cl2N3O6S-. The minimum Gasteiger partial charge on any atom is -0.755 e. The lowest BCUT2D eigenvalue weighted by atomic mass is 10.0. The van der Waals surface area contributed by atoms with E-state index in [-0.39, 0.29) is 37.9 Å². The van der Waals surface area contributed by atoms with Gasteiger partial charge in [-0.3, -0.25) is 13.8 Å². The smallest absolute Gasteiger partial charge is 0.245 e. The van der Waals surface area contributed by atoms with Crippen molar-refractivity contribution in [2.45, 2.75) is 58.9 Å². The topological polar surface area (TPSA) is 111 Å². The predicted molar refractivity (Wildman–Crippen MR) is 153 cm³/mol. The van der Waals surface area contributed by atoms with Gasteiger partial charge in [-0.1, -0.05) is 35.3 Å². The molecule has 0 aliphatic carbocycles. The van der Waals surface area contributed by atoms with Crippen LogP contribution in [0.25, 0.3) is 0 Å². The molecule has 2 rings (SSSR count). The third-order valence-electron chi connectivity index (χ3n) is 5.78. The van der Waals surface area contributed by atoms with Crippen LogP contribution >= 0.6 is 23.2 Å². The van der Waals surface area contributed by atoms with E-state index in [1.165, 1.54) is 0 Å². The van der Waals surface area contributed by atoms with E-state index in [1.807, 2.05) is 27.7 Å². The number of rotatable bonds is 16. The first kappa shape index (κ1) is 33.0. The first-order chi connectivity index (χ1) is 18.5. The Balaban J connectivity index is 2.22. The SMILES string of the molecule is CCOC(CN(C(=O)C(Cc1ccc(Cl)cc1)NC(=O)CCN(c1ccc(Cl)cc1)S(=O)[O-])C(C)C)OCC. The molecule has 2 unspecified atom stereocenters. The highest BCUT2D eigenvalue weighted by Crippen LogP contribution is 2.20. The van der Waals surface area contributed by atoms with Crippen molar-refractivity contribution in [3.63, 3.8) is 0 Å². The molecule has 0 heterocycles. The summed E-state index contributed by atoms with van der Waals surface area (Å²) in [5.41, 5.74) is 1.18. The van der Waals surface area contributed by atoms with E-state index < -0.39 is 29.5 Å². The van der Waals surface area contributed by atoms with E-state index in [0.717, 1.165) is 9.87 Å². The van der Waals surface area contributed by atoms with Gasteiger partial charge >= 0.3 is 0 Å². The Hall–Kier alpha value is -2.21. The van der Waals surface area contributed by atoms with Gasteiger partial charge < -0.3 is 28.5 Å². The summed E-state index contributed by atoms with van der Waals surface area (Å²) in [6.07, 6.45) is -0.561. The van der Waals surface area contributed by atoms with Crippen LogP contribution in [0.4, 0.5) is 5.69 Å². The monoisotopic (exact) mass is 600 g/mol. The number of hydrogen-bond donors (Lipinski definition) is 1. The summed E-state index contributed by atoms with van der Waals surface area (Å²) >= 11 is 9.32. The lowest BCUT2D eigenvalue weighted by molar-refractivity contribution is -0.163. The van der Waals surface area contributed by atoms with Gasteiger partial charge in [-0.2, -0.15) is 0 Å².